The molecular weight excluding hydrogens is 246 g/mol. The van der Waals surface area contributed by atoms with Gasteiger partial charge in [0.25, 0.3) is 5.91 Å². The summed E-state index contributed by atoms with van der Waals surface area (Å²) in [4.78, 5) is 13.1. The van der Waals surface area contributed by atoms with Crippen molar-refractivity contribution in [3.8, 4) is 11.3 Å². The molecule has 19 heavy (non-hydrogen) atoms. The lowest BCUT2D eigenvalue weighted by Gasteiger charge is -2.17. The van der Waals surface area contributed by atoms with Crippen LogP contribution in [-0.4, -0.2) is 46.6 Å². The van der Waals surface area contributed by atoms with Crippen molar-refractivity contribution in [3.63, 3.8) is 0 Å². The summed E-state index contributed by atoms with van der Waals surface area (Å²) in [7, 11) is 1.89. The van der Waals surface area contributed by atoms with Crippen LogP contribution in [0.4, 0.5) is 5.69 Å². The van der Waals surface area contributed by atoms with Gasteiger partial charge in [0.2, 0.25) is 0 Å². The smallest absolute Gasteiger partial charge is 0.271 e. The minimum absolute atomic E-state index is 0.0906. The molecule has 1 heterocycles. The van der Waals surface area contributed by atoms with E-state index in [0.717, 1.165) is 11.3 Å². The number of likely N-dealkylation sites (N-methyl/N-ethyl adjacent to an activating group) is 1. The summed E-state index contributed by atoms with van der Waals surface area (Å²) in [6, 6.07) is 7.41. The van der Waals surface area contributed by atoms with Gasteiger partial charge in [0.1, 0.15) is 5.69 Å². The number of aliphatic hydroxyl groups excluding tert-OH is 1. The number of nitrogens with zero attached hydrogens (tertiary/aromatic N) is 3. The van der Waals surface area contributed by atoms with E-state index < -0.39 is 5.91 Å². The van der Waals surface area contributed by atoms with Crippen molar-refractivity contribution in [1.29, 1.82) is 0 Å². The zero-order chi connectivity index (χ0) is 13.8. The fraction of sp³-hybridized carbons (Fsp3) is 0.250. The Hall–Kier alpha value is -2.41. The van der Waals surface area contributed by atoms with Gasteiger partial charge in [0, 0.05) is 24.8 Å². The third-order valence-corrected chi connectivity index (χ3v) is 2.80. The predicted molar refractivity (Wildman–Crippen MR) is 70.7 cm³/mol. The lowest BCUT2D eigenvalue weighted by atomic mass is 10.1. The lowest BCUT2D eigenvalue weighted by molar-refractivity contribution is 0.0996. The average Bonchev–Trinajstić information content (AvgIpc) is 2.88. The van der Waals surface area contributed by atoms with Crippen molar-refractivity contribution in [3.05, 3.63) is 30.0 Å². The van der Waals surface area contributed by atoms with E-state index in [9.17, 15) is 4.79 Å². The molecule has 0 aliphatic rings. The van der Waals surface area contributed by atoms with Crippen LogP contribution in [-0.2, 0) is 0 Å². The summed E-state index contributed by atoms with van der Waals surface area (Å²) in [5.41, 5.74) is 7.49. The first-order valence-electron chi connectivity index (χ1n) is 5.76. The van der Waals surface area contributed by atoms with E-state index in [-0.39, 0.29) is 12.3 Å². The maximum absolute atomic E-state index is 11.2. The molecule has 1 aromatic carbocycles. The van der Waals surface area contributed by atoms with E-state index in [1.807, 2.05) is 36.2 Å². The number of H-pyrrole nitrogens is 1. The molecule has 1 aromatic heterocycles. The summed E-state index contributed by atoms with van der Waals surface area (Å²) in [5, 5.41) is 18.9. The number of aromatic nitrogens is 3. The number of nitrogens with two attached hydrogens (primary N) is 1. The van der Waals surface area contributed by atoms with Crippen LogP contribution in [0.25, 0.3) is 11.3 Å². The monoisotopic (exact) mass is 261 g/mol. The van der Waals surface area contributed by atoms with E-state index in [4.69, 9.17) is 10.8 Å². The van der Waals surface area contributed by atoms with Gasteiger partial charge in [0.05, 0.1) is 6.61 Å². The van der Waals surface area contributed by atoms with E-state index in [0.29, 0.717) is 12.2 Å². The van der Waals surface area contributed by atoms with Crippen molar-refractivity contribution >= 4 is 11.6 Å². The van der Waals surface area contributed by atoms with Crippen LogP contribution < -0.4 is 10.6 Å². The number of carbonyl (C=O) groups excluding carboxylic acids is 1. The predicted octanol–water partition coefficient (Wildman–Crippen LogP) is -0.000900. The first kappa shape index (κ1) is 13.0. The Morgan fingerprint density at radius 3 is 2.63 bits per heavy atom. The van der Waals surface area contributed by atoms with Crippen LogP contribution in [0, 0.1) is 0 Å². The Morgan fingerprint density at radius 1 is 1.37 bits per heavy atom. The maximum Gasteiger partial charge on any atom is 0.271 e. The fourth-order valence-corrected chi connectivity index (χ4v) is 1.76. The summed E-state index contributed by atoms with van der Waals surface area (Å²) in [5.74, 6) is -0.620. The number of rotatable bonds is 5. The largest absolute Gasteiger partial charge is 0.395 e. The number of aliphatic hydroxyl groups is 1. The molecule has 0 saturated carbocycles. The molecule has 0 radical (unpaired) electrons. The average molecular weight is 261 g/mol. The molecule has 100 valence electrons. The Labute approximate surface area is 110 Å². The van der Waals surface area contributed by atoms with Crippen LogP contribution in [0.5, 0.6) is 0 Å². The second-order valence-corrected chi connectivity index (χ2v) is 4.08. The molecule has 0 bridgehead atoms. The minimum Gasteiger partial charge on any atom is -0.395 e. The first-order valence-corrected chi connectivity index (χ1v) is 5.76. The van der Waals surface area contributed by atoms with Crippen LogP contribution in [0.2, 0.25) is 0 Å². The Bertz CT molecular complexity index is 564. The number of benzene rings is 1. The SMILES string of the molecule is CN(CCO)c1ccc(-c2n[nH]nc2C(N)=O)cc1. The zero-order valence-electron chi connectivity index (χ0n) is 10.5. The van der Waals surface area contributed by atoms with Crippen LogP contribution >= 0.6 is 0 Å². The molecule has 0 spiro atoms. The Kier molecular flexibility index (Phi) is 3.76. The third kappa shape index (κ3) is 2.71. The van der Waals surface area contributed by atoms with E-state index >= 15 is 0 Å². The van der Waals surface area contributed by atoms with E-state index in [1.165, 1.54) is 0 Å². The minimum atomic E-state index is -0.620. The quantitative estimate of drug-likeness (QED) is 0.702. The van der Waals surface area contributed by atoms with Gasteiger partial charge in [0.15, 0.2) is 5.69 Å². The topological polar surface area (TPSA) is 108 Å². The second kappa shape index (κ2) is 5.49. The number of carbonyl (C=O) groups is 1. The summed E-state index contributed by atoms with van der Waals surface area (Å²) >= 11 is 0. The van der Waals surface area contributed by atoms with E-state index in [2.05, 4.69) is 15.4 Å². The molecule has 0 saturated heterocycles. The zero-order valence-corrected chi connectivity index (χ0v) is 10.5. The molecule has 7 nitrogen and oxygen atoms in total. The molecule has 1 amide bonds. The highest BCUT2D eigenvalue weighted by Crippen LogP contribution is 2.22. The Morgan fingerprint density at radius 2 is 2.05 bits per heavy atom. The molecule has 4 N–H and O–H groups in total. The van der Waals surface area contributed by atoms with Crippen LogP contribution in [0.3, 0.4) is 0 Å². The molecule has 0 aliphatic heterocycles. The number of amides is 1. The van der Waals surface area contributed by atoms with Gasteiger partial charge < -0.3 is 15.7 Å². The van der Waals surface area contributed by atoms with Crippen molar-refractivity contribution in [2.45, 2.75) is 0 Å². The molecule has 0 aliphatic carbocycles. The van der Waals surface area contributed by atoms with Gasteiger partial charge in [-0.1, -0.05) is 12.1 Å². The molecule has 0 atom stereocenters. The van der Waals surface area contributed by atoms with Gasteiger partial charge in [-0.05, 0) is 12.1 Å². The summed E-state index contributed by atoms with van der Waals surface area (Å²) in [6.45, 7) is 0.642. The van der Waals surface area contributed by atoms with Crippen molar-refractivity contribution < 1.29 is 9.90 Å². The molecule has 7 heteroatoms. The number of nitrogens with one attached hydrogen (secondary N) is 1. The van der Waals surface area contributed by atoms with Crippen LogP contribution in [0.1, 0.15) is 10.5 Å². The Balaban J connectivity index is 2.27. The van der Waals surface area contributed by atoms with E-state index in [1.54, 1.807) is 0 Å². The summed E-state index contributed by atoms with van der Waals surface area (Å²) < 4.78 is 0. The standard InChI is InChI=1S/C12H15N5O2/c1-17(6-7-18)9-4-2-8(3-5-9)10-11(12(13)19)15-16-14-10/h2-5,18H,6-7H2,1H3,(H2,13,19)(H,14,15,16). The molecule has 2 aromatic rings. The van der Waals surface area contributed by atoms with Gasteiger partial charge in [-0.15, -0.1) is 0 Å². The summed E-state index contributed by atoms with van der Waals surface area (Å²) in [6.07, 6.45) is 0. The van der Waals surface area contributed by atoms with Crippen molar-refractivity contribution in [2.24, 2.45) is 5.73 Å². The molecule has 0 fully saturated rings. The normalized spacial score (nSPS) is 10.4. The van der Waals surface area contributed by atoms with Crippen molar-refractivity contribution in [1.82, 2.24) is 15.4 Å². The highest BCUT2D eigenvalue weighted by atomic mass is 16.3. The molecular formula is C12H15N5O2. The number of hydrogen-bond donors (Lipinski definition) is 3. The number of primary amides is 1. The van der Waals surface area contributed by atoms with Gasteiger partial charge in [-0.2, -0.15) is 15.4 Å². The fourth-order valence-electron chi connectivity index (χ4n) is 1.76. The lowest BCUT2D eigenvalue weighted by Crippen LogP contribution is -2.20. The van der Waals surface area contributed by atoms with Crippen LogP contribution in [0.15, 0.2) is 24.3 Å². The highest BCUT2D eigenvalue weighted by Gasteiger charge is 2.15. The van der Waals surface area contributed by atoms with Crippen molar-refractivity contribution in [2.75, 3.05) is 25.1 Å². The molecule has 2 rings (SSSR count). The second-order valence-electron chi connectivity index (χ2n) is 4.08. The van der Waals surface area contributed by atoms with Gasteiger partial charge >= 0.3 is 0 Å². The van der Waals surface area contributed by atoms with Gasteiger partial charge in [-0.25, -0.2) is 0 Å². The third-order valence-electron chi connectivity index (χ3n) is 2.80. The highest BCUT2D eigenvalue weighted by molar-refractivity contribution is 5.96. The van der Waals surface area contributed by atoms with Gasteiger partial charge in [-0.3, -0.25) is 4.79 Å². The number of aromatic amines is 1. The first-order chi connectivity index (χ1) is 9.13. The molecule has 0 unspecified atom stereocenters. The maximum atomic E-state index is 11.2. The number of anilines is 1. The number of hydrogen-bond acceptors (Lipinski definition) is 5.